The van der Waals surface area contributed by atoms with Crippen LogP contribution in [0, 0.1) is 5.82 Å². The minimum atomic E-state index is -0.355. The van der Waals surface area contributed by atoms with Gasteiger partial charge in [-0.2, -0.15) is 0 Å². The molecular formula is C28H26FN5O3S. The first-order valence-electron chi connectivity index (χ1n) is 11.9. The number of anilines is 2. The van der Waals surface area contributed by atoms with Crippen LogP contribution in [0.3, 0.4) is 0 Å². The van der Waals surface area contributed by atoms with Gasteiger partial charge in [-0.05, 0) is 72.9 Å². The monoisotopic (exact) mass is 531 g/mol. The fraction of sp³-hybridized carbons (Fsp3) is 0.179. The van der Waals surface area contributed by atoms with Crippen LogP contribution in [0.15, 0.2) is 85.2 Å². The number of ether oxygens (including phenoxy) is 2. The number of hydrogen-bond acceptors (Lipinski definition) is 5. The Labute approximate surface area is 225 Å². The lowest BCUT2D eigenvalue weighted by Crippen LogP contribution is -2.30. The molecule has 8 nitrogen and oxygen atoms in total. The molecule has 2 aromatic heterocycles. The second-order valence-corrected chi connectivity index (χ2v) is 9.03. The fourth-order valence-corrected chi connectivity index (χ4v) is 5.04. The summed E-state index contributed by atoms with van der Waals surface area (Å²) in [5.41, 5.74) is 3.57. The average molecular weight is 532 g/mol. The van der Waals surface area contributed by atoms with Crippen molar-refractivity contribution in [3.05, 3.63) is 102 Å². The van der Waals surface area contributed by atoms with Crippen LogP contribution >= 0.6 is 12.2 Å². The van der Waals surface area contributed by atoms with Crippen molar-refractivity contribution < 1.29 is 18.7 Å². The molecule has 10 heteroatoms. The van der Waals surface area contributed by atoms with Gasteiger partial charge in [0.2, 0.25) is 5.91 Å². The molecule has 2 aromatic carbocycles. The molecule has 0 unspecified atom stereocenters. The van der Waals surface area contributed by atoms with Crippen LogP contribution in [0.2, 0.25) is 0 Å². The lowest BCUT2D eigenvalue weighted by molar-refractivity contribution is -0.119. The molecule has 2 atom stereocenters. The standard InChI is InChI=1S/C28H26FN5O3S/c1-36-17-25(35)31-22-16-20(11-12-24(22)37-2)34-27(26(32-28(34)38)21-9-3-4-13-30-21)23-10-6-14-33(23)19-8-5-7-18(29)15-19/h3-16,26-27H,17H2,1-2H3,(H,31,35)(H,32,38)/t26-,27+/m1/s1. The molecule has 0 bridgehead atoms. The number of hydrogen-bond donors (Lipinski definition) is 2. The fourth-order valence-electron chi connectivity index (χ4n) is 4.69. The largest absolute Gasteiger partial charge is 0.495 e. The summed E-state index contributed by atoms with van der Waals surface area (Å²) in [5.74, 6) is -0.142. The van der Waals surface area contributed by atoms with Gasteiger partial charge in [0.1, 0.15) is 24.2 Å². The lowest BCUT2D eigenvalue weighted by atomic mass is 10.0. The number of aromatic nitrogens is 2. The molecule has 1 saturated heterocycles. The van der Waals surface area contributed by atoms with Gasteiger partial charge in [-0.1, -0.05) is 12.1 Å². The predicted octanol–water partition coefficient (Wildman–Crippen LogP) is 4.78. The molecule has 38 heavy (non-hydrogen) atoms. The van der Waals surface area contributed by atoms with Crippen molar-refractivity contribution in [1.82, 2.24) is 14.9 Å². The van der Waals surface area contributed by atoms with Crippen molar-refractivity contribution >= 4 is 34.6 Å². The third-order valence-electron chi connectivity index (χ3n) is 6.28. The molecule has 1 fully saturated rings. The Hall–Kier alpha value is -4.28. The molecule has 4 aromatic rings. The first-order chi connectivity index (χ1) is 18.5. The zero-order valence-corrected chi connectivity index (χ0v) is 21.6. The van der Waals surface area contributed by atoms with Gasteiger partial charge in [-0.3, -0.25) is 9.78 Å². The molecule has 0 saturated carbocycles. The van der Waals surface area contributed by atoms with Crippen LogP contribution in [0.5, 0.6) is 5.75 Å². The van der Waals surface area contributed by atoms with Crippen LogP contribution in [0.25, 0.3) is 5.69 Å². The second-order valence-electron chi connectivity index (χ2n) is 8.65. The van der Waals surface area contributed by atoms with E-state index in [0.717, 1.165) is 17.1 Å². The Morgan fingerprint density at radius 1 is 1.08 bits per heavy atom. The van der Waals surface area contributed by atoms with E-state index in [1.165, 1.54) is 26.4 Å². The van der Waals surface area contributed by atoms with Gasteiger partial charge < -0.3 is 29.6 Å². The van der Waals surface area contributed by atoms with Gasteiger partial charge in [-0.25, -0.2) is 4.39 Å². The summed E-state index contributed by atoms with van der Waals surface area (Å²) < 4.78 is 26.5. The Morgan fingerprint density at radius 2 is 1.95 bits per heavy atom. The number of nitrogens with one attached hydrogen (secondary N) is 2. The van der Waals surface area contributed by atoms with Gasteiger partial charge in [0.25, 0.3) is 0 Å². The SMILES string of the molecule is COCC(=O)Nc1cc(N2C(=S)N[C@H](c3ccccn3)[C@@H]2c2cccn2-c2cccc(F)c2)ccc1OC. The third kappa shape index (κ3) is 4.96. The normalized spacial score (nSPS) is 16.8. The van der Waals surface area contributed by atoms with Gasteiger partial charge in [-0.15, -0.1) is 0 Å². The molecule has 194 valence electrons. The number of pyridine rings is 1. The summed E-state index contributed by atoms with van der Waals surface area (Å²) >= 11 is 5.84. The lowest BCUT2D eigenvalue weighted by Gasteiger charge is -2.29. The topological polar surface area (TPSA) is 80.7 Å². The molecule has 2 N–H and O–H groups in total. The Bertz CT molecular complexity index is 1460. The summed E-state index contributed by atoms with van der Waals surface area (Å²) in [7, 11) is 2.99. The number of rotatable bonds is 8. The van der Waals surface area contributed by atoms with E-state index in [2.05, 4.69) is 15.6 Å². The highest BCUT2D eigenvalue weighted by atomic mass is 32.1. The predicted molar refractivity (Wildman–Crippen MR) is 147 cm³/mol. The van der Waals surface area contributed by atoms with E-state index >= 15 is 0 Å². The summed E-state index contributed by atoms with van der Waals surface area (Å²) in [5, 5.41) is 6.75. The molecule has 0 radical (unpaired) electrons. The molecule has 1 aliphatic rings. The number of methoxy groups -OCH3 is 2. The number of thiocarbonyl (C=S) groups is 1. The summed E-state index contributed by atoms with van der Waals surface area (Å²) in [4.78, 5) is 18.9. The quantitative estimate of drug-likeness (QED) is 0.317. The van der Waals surface area contributed by atoms with Crippen LogP contribution in [-0.4, -0.2) is 41.4 Å². The first-order valence-corrected chi connectivity index (χ1v) is 12.3. The molecule has 0 spiro atoms. The minimum Gasteiger partial charge on any atom is -0.495 e. The van der Waals surface area contributed by atoms with Crippen LogP contribution in [-0.2, 0) is 9.53 Å². The second kappa shape index (κ2) is 11.0. The zero-order valence-electron chi connectivity index (χ0n) is 20.8. The van der Waals surface area contributed by atoms with Crippen LogP contribution < -0.4 is 20.3 Å². The van der Waals surface area contributed by atoms with E-state index < -0.39 is 0 Å². The molecule has 5 rings (SSSR count). The Kier molecular flexibility index (Phi) is 7.34. The van der Waals surface area contributed by atoms with Crippen molar-refractivity contribution in [2.24, 2.45) is 0 Å². The van der Waals surface area contributed by atoms with Crippen LogP contribution in [0.4, 0.5) is 15.8 Å². The maximum Gasteiger partial charge on any atom is 0.250 e. The van der Waals surface area contributed by atoms with Crippen molar-refractivity contribution in [3.8, 4) is 11.4 Å². The number of halogens is 1. The van der Waals surface area contributed by atoms with Crippen molar-refractivity contribution in [2.75, 3.05) is 31.0 Å². The molecule has 1 aliphatic heterocycles. The number of nitrogens with zero attached hydrogens (tertiary/aromatic N) is 3. The number of benzene rings is 2. The van der Waals surface area contributed by atoms with E-state index in [-0.39, 0.29) is 30.4 Å². The van der Waals surface area contributed by atoms with Crippen molar-refractivity contribution in [1.29, 1.82) is 0 Å². The summed E-state index contributed by atoms with van der Waals surface area (Å²) in [6.07, 6.45) is 3.63. The Morgan fingerprint density at radius 3 is 2.68 bits per heavy atom. The van der Waals surface area contributed by atoms with E-state index in [9.17, 15) is 9.18 Å². The smallest absolute Gasteiger partial charge is 0.250 e. The van der Waals surface area contributed by atoms with E-state index in [1.54, 1.807) is 18.3 Å². The van der Waals surface area contributed by atoms with Crippen molar-refractivity contribution in [3.63, 3.8) is 0 Å². The molecule has 3 heterocycles. The molecule has 0 aliphatic carbocycles. The minimum absolute atomic E-state index is 0.0947. The highest BCUT2D eigenvalue weighted by Gasteiger charge is 2.42. The number of carbonyl (C=O) groups excluding carboxylic acids is 1. The third-order valence-corrected chi connectivity index (χ3v) is 6.59. The van der Waals surface area contributed by atoms with Gasteiger partial charge >= 0.3 is 0 Å². The number of carbonyl (C=O) groups is 1. The van der Waals surface area contributed by atoms with E-state index in [1.807, 2.05) is 64.2 Å². The zero-order chi connectivity index (χ0) is 26.6. The van der Waals surface area contributed by atoms with E-state index in [4.69, 9.17) is 21.7 Å². The van der Waals surface area contributed by atoms with Crippen molar-refractivity contribution in [2.45, 2.75) is 12.1 Å². The summed E-state index contributed by atoms with van der Waals surface area (Å²) in [6, 6.07) is 20.9. The van der Waals surface area contributed by atoms with Crippen LogP contribution in [0.1, 0.15) is 23.5 Å². The van der Waals surface area contributed by atoms with E-state index in [0.29, 0.717) is 22.2 Å². The molecule has 1 amide bonds. The maximum atomic E-state index is 14.2. The summed E-state index contributed by atoms with van der Waals surface area (Å²) in [6.45, 7) is -0.0947. The average Bonchev–Trinajstić information content (AvgIpc) is 3.53. The van der Waals surface area contributed by atoms with Gasteiger partial charge in [0.15, 0.2) is 5.11 Å². The maximum absolute atomic E-state index is 14.2. The first kappa shape index (κ1) is 25.4. The van der Waals surface area contributed by atoms with Gasteiger partial charge in [0, 0.05) is 36.6 Å². The number of amides is 1. The Balaban J connectivity index is 1.63. The highest BCUT2D eigenvalue weighted by molar-refractivity contribution is 7.80. The van der Waals surface area contributed by atoms with Gasteiger partial charge in [0.05, 0.1) is 24.5 Å². The highest BCUT2D eigenvalue weighted by Crippen LogP contribution is 2.43. The molecular weight excluding hydrogens is 505 g/mol.